The van der Waals surface area contributed by atoms with Gasteiger partial charge in [-0.1, -0.05) is 18.2 Å². The number of para-hydroxylation sites is 1. The zero-order valence-electron chi connectivity index (χ0n) is 11.0. The van der Waals surface area contributed by atoms with Crippen molar-refractivity contribution in [3.05, 3.63) is 35.5 Å². The summed E-state index contributed by atoms with van der Waals surface area (Å²) in [5.41, 5.74) is 9.86. The SMILES string of the molecule is CNC(c1c(C)[nH]c2ccccc12)C1CC(N)C1. The third-order valence-electron chi connectivity index (χ3n) is 4.25. The van der Waals surface area contributed by atoms with E-state index < -0.39 is 0 Å². The number of H-pyrrole nitrogens is 1. The van der Waals surface area contributed by atoms with Crippen LogP contribution in [0.1, 0.15) is 30.1 Å². The maximum Gasteiger partial charge on any atom is 0.0459 e. The van der Waals surface area contributed by atoms with E-state index in [4.69, 9.17) is 5.73 Å². The second-order valence-electron chi connectivity index (χ2n) is 5.47. The molecule has 0 spiro atoms. The van der Waals surface area contributed by atoms with E-state index in [9.17, 15) is 0 Å². The summed E-state index contributed by atoms with van der Waals surface area (Å²) in [5, 5.41) is 4.83. The summed E-state index contributed by atoms with van der Waals surface area (Å²) in [6.07, 6.45) is 2.26. The zero-order chi connectivity index (χ0) is 12.7. The van der Waals surface area contributed by atoms with Crippen LogP contribution in [0, 0.1) is 12.8 Å². The lowest BCUT2D eigenvalue weighted by molar-refractivity contribution is 0.204. The summed E-state index contributed by atoms with van der Waals surface area (Å²) in [4.78, 5) is 3.48. The first-order valence-corrected chi connectivity index (χ1v) is 6.70. The first kappa shape index (κ1) is 11.8. The number of fused-ring (bicyclic) bond motifs is 1. The Hall–Kier alpha value is -1.32. The van der Waals surface area contributed by atoms with Gasteiger partial charge in [-0.15, -0.1) is 0 Å². The maximum absolute atomic E-state index is 5.93. The smallest absolute Gasteiger partial charge is 0.0459 e. The molecule has 1 saturated carbocycles. The first-order valence-electron chi connectivity index (χ1n) is 6.70. The number of nitrogens with two attached hydrogens (primary N) is 1. The molecule has 1 unspecified atom stereocenters. The van der Waals surface area contributed by atoms with Gasteiger partial charge in [-0.2, -0.15) is 0 Å². The minimum absolute atomic E-state index is 0.399. The standard InChI is InChI=1S/C15H21N3/c1-9-14(12-5-3-4-6-13(12)18-9)15(17-2)10-7-11(16)8-10/h3-6,10-11,15,17-18H,7-8,16H2,1-2H3. The Bertz CT molecular complexity index is 552. The molecule has 18 heavy (non-hydrogen) atoms. The number of nitrogens with one attached hydrogen (secondary N) is 2. The van der Waals surface area contributed by atoms with E-state index in [-0.39, 0.29) is 0 Å². The van der Waals surface area contributed by atoms with Crippen LogP contribution in [0.5, 0.6) is 0 Å². The van der Waals surface area contributed by atoms with E-state index in [1.807, 2.05) is 0 Å². The van der Waals surface area contributed by atoms with Crippen molar-refractivity contribution < 1.29 is 0 Å². The van der Waals surface area contributed by atoms with Crippen molar-refractivity contribution in [1.82, 2.24) is 10.3 Å². The van der Waals surface area contributed by atoms with E-state index in [1.165, 1.54) is 22.2 Å². The Morgan fingerprint density at radius 2 is 2.06 bits per heavy atom. The molecule has 1 atom stereocenters. The molecule has 1 heterocycles. The van der Waals surface area contributed by atoms with Gasteiger partial charge in [0.2, 0.25) is 0 Å². The minimum Gasteiger partial charge on any atom is -0.358 e. The van der Waals surface area contributed by atoms with E-state index in [0.29, 0.717) is 18.0 Å². The molecule has 3 heteroatoms. The van der Waals surface area contributed by atoms with Crippen molar-refractivity contribution in [1.29, 1.82) is 0 Å². The van der Waals surface area contributed by atoms with Crippen LogP contribution in [0.15, 0.2) is 24.3 Å². The highest BCUT2D eigenvalue weighted by Gasteiger charge is 2.34. The average Bonchev–Trinajstić information content (AvgIpc) is 2.65. The molecule has 0 aliphatic heterocycles. The predicted octanol–water partition coefficient (Wildman–Crippen LogP) is 2.47. The van der Waals surface area contributed by atoms with Crippen LogP contribution in [0.25, 0.3) is 10.9 Å². The van der Waals surface area contributed by atoms with E-state index >= 15 is 0 Å². The molecule has 1 aromatic heterocycles. The Morgan fingerprint density at radius 3 is 2.72 bits per heavy atom. The number of hydrogen-bond donors (Lipinski definition) is 3. The predicted molar refractivity (Wildman–Crippen MR) is 75.5 cm³/mol. The molecule has 4 N–H and O–H groups in total. The molecule has 1 aromatic carbocycles. The number of aryl methyl sites for hydroxylation is 1. The van der Waals surface area contributed by atoms with Gasteiger partial charge >= 0.3 is 0 Å². The molecule has 0 radical (unpaired) electrons. The Balaban J connectivity index is 2.03. The van der Waals surface area contributed by atoms with Gasteiger partial charge in [-0.05, 0) is 44.4 Å². The van der Waals surface area contributed by atoms with Crippen molar-refractivity contribution in [3.63, 3.8) is 0 Å². The molecule has 3 nitrogen and oxygen atoms in total. The van der Waals surface area contributed by atoms with Gasteiger partial charge in [-0.25, -0.2) is 0 Å². The second-order valence-corrected chi connectivity index (χ2v) is 5.47. The van der Waals surface area contributed by atoms with E-state index in [2.05, 4.69) is 48.5 Å². The van der Waals surface area contributed by atoms with Crippen LogP contribution >= 0.6 is 0 Å². The van der Waals surface area contributed by atoms with Crippen molar-refractivity contribution in [3.8, 4) is 0 Å². The molecule has 0 amide bonds. The lowest BCUT2D eigenvalue weighted by Crippen LogP contribution is -2.42. The fraction of sp³-hybridized carbons (Fsp3) is 0.467. The number of hydrogen-bond acceptors (Lipinski definition) is 2. The summed E-state index contributed by atoms with van der Waals surface area (Å²) < 4.78 is 0. The van der Waals surface area contributed by atoms with Crippen LogP contribution < -0.4 is 11.1 Å². The molecule has 0 saturated heterocycles. The zero-order valence-corrected chi connectivity index (χ0v) is 11.0. The summed E-state index contributed by atoms with van der Waals surface area (Å²) in [6.45, 7) is 2.16. The normalized spacial score (nSPS) is 25.1. The third-order valence-corrected chi connectivity index (χ3v) is 4.25. The van der Waals surface area contributed by atoms with Gasteiger partial charge in [0.25, 0.3) is 0 Å². The number of benzene rings is 1. The van der Waals surface area contributed by atoms with Crippen LogP contribution in [-0.2, 0) is 0 Å². The monoisotopic (exact) mass is 243 g/mol. The van der Waals surface area contributed by atoms with Gasteiger partial charge in [0, 0.05) is 28.7 Å². The molecule has 0 bridgehead atoms. The van der Waals surface area contributed by atoms with Crippen molar-refractivity contribution in [2.75, 3.05) is 7.05 Å². The molecule has 1 aliphatic carbocycles. The summed E-state index contributed by atoms with van der Waals surface area (Å²) in [7, 11) is 2.05. The molecule has 1 fully saturated rings. The van der Waals surface area contributed by atoms with Crippen LogP contribution in [0.2, 0.25) is 0 Å². The second kappa shape index (κ2) is 4.41. The van der Waals surface area contributed by atoms with Crippen molar-refractivity contribution in [2.45, 2.75) is 31.8 Å². The average molecular weight is 243 g/mol. The first-order chi connectivity index (χ1) is 8.70. The molecular weight excluding hydrogens is 222 g/mol. The molecule has 96 valence electrons. The van der Waals surface area contributed by atoms with Gasteiger partial charge in [-0.3, -0.25) is 0 Å². The topological polar surface area (TPSA) is 53.8 Å². The highest BCUT2D eigenvalue weighted by molar-refractivity contribution is 5.85. The molecule has 3 rings (SSSR count). The van der Waals surface area contributed by atoms with Crippen LogP contribution in [0.3, 0.4) is 0 Å². The highest BCUT2D eigenvalue weighted by atomic mass is 14.9. The van der Waals surface area contributed by atoms with E-state index in [0.717, 1.165) is 12.8 Å². The van der Waals surface area contributed by atoms with Gasteiger partial charge in [0.05, 0.1) is 0 Å². The summed E-state index contributed by atoms with van der Waals surface area (Å²) in [5.74, 6) is 0.669. The fourth-order valence-corrected chi connectivity index (χ4v) is 3.30. The van der Waals surface area contributed by atoms with Crippen molar-refractivity contribution >= 4 is 10.9 Å². The highest BCUT2D eigenvalue weighted by Crippen LogP contribution is 2.40. The van der Waals surface area contributed by atoms with Gasteiger partial charge in [0.1, 0.15) is 0 Å². The van der Waals surface area contributed by atoms with Gasteiger partial charge < -0.3 is 16.0 Å². The quantitative estimate of drug-likeness (QED) is 0.775. The maximum atomic E-state index is 5.93. The molecule has 2 aromatic rings. The Kier molecular flexibility index (Phi) is 2.88. The summed E-state index contributed by atoms with van der Waals surface area (Å²) in [6, 6.07) is 9.35. The molecule has 1 aliphatic rings. The minimum atomic E-state index is 0.399. The lowest BCUT2D eigenvalue weighted by Gasteiger charge is -2.38. The number of rotatable bonds is 3. The lowest BCUT2D eigenvalue weighted by atomic mass is 9.73. The Morgan fingerprint density at radius 1 is 1.33 bits per heavy atom. The third kappa shape index (κ3) is 1.74. The Labute approximate surface area is 108 Å². The van der Waals surface area contributed by atoms with Crippen LogP contribution in [0.4, 0.5) is 0 Å². The summed E-state index contributed by atoms with van der Waals surface area (Å²) >= 11 is 0. The fourth-order valence-electron chi connectivity index (χ4n) is 3.30. The molecular formula is C15H21N3. The number of aromatic amines is 1. The largest absolute Gasteiger partial charge is 0.358 e. The number of aromatic nitrogens is 1. The van der Waals surface area contributed by atoms with Gasteiger partial charge in [0.15, 0.2) is 0 Å². The van der Waals surface area contributed by atoms with E-state index in [1.54, 1.807) is 0 Å². The van der Waals surface area contributed by atoms with Crippen molar-refractivity contribution in [2.24, 2.45) is 11.7 Å². The van der Waals surface area contributed by atoms with Crippen LogP contribution in [-0.4, -0.2) is 18.1 Å².